The molecule has 0 heterocycles. The van der Waals surface area contributed by atoms with Gasteiger partial charge in [0, 0.05) is 0 Å². The Bertz CT molecular complexity index is 76.2. The molecule has 0 unspecified atom stereocenters. The summed E-state index contributed by atoms with van der Waals surface area (Å²) < 4.78 is 44.2. The van der Waals surface area contributed by atoms with E-state index in [0.717, 1.165) is 0 Å². The molecule has 0 spiro atoms. The molecule has 0 atom stereocenters. The minimum absolute atomic E-state index is 0. The Morgan fingerprint density at radius 2 is 1.67 bits per heavy atom. The van der Waals surface area contributed by atoms with E-state index in [9.17, 15) is 17.6 Å². The third-order valence-electron chi connectivity index (χ3n) is 0.512. The Kier molecular flexibility index (Phi) is 6.17. The van der Waals surface area contributed by atoms with Gasteiger partial charge < -0.3 is 5.11 Å². The van der Waals surface area contributed by atoms with Gasteiger partial charge in [-0.05, 0) is 0 Å². The molecule has 0 bridgehead atoms. The van der Waals surface area contributed by atoms with Crippen molar-refractivity contribution in [2.24, 2.45) is 0 Å². The van der Waals surface area contributed by atoms with Crippen LogP contribution in [-0.2, 0) is 0 Å². The Morgan fingerprint density at radius 1 is 1.33 bits per heavy atom. The van der Waals surface area contributed by atoms with E-state index < -0.39 is 19.0 Å². The largest absolute Gasteiger partial charge is 1.00 e. The van der Waals surface area contributed by atoms with Crippen LogP contribution in [0.1, 0.15) is 0 Å². The van der Waals surface area contributed by atoms with Gasteiger partial charge in [-0.25, -0.2) is 17.6 Å². The molecule has 0 aliphatic rings. The van der Waals surface area contributed by atoms with Gasteiger partial charge >= 0.3 is 29.6 Å². The SMILES string of the molecule is [Na+].[O-]CC(F)(F)C(F)F. The Hall–Kier alpha value is 0.680. The Labute approximate surface area is 71.3 Å². The van der Waals surface area contributed by atoms with Crippen LogP contribution in [0.3, 0.4) is 0 Å². The molecule has 0 fully saturated rings. The van der Waals surface area contributed by atoms with Gasteiger partial charge in [0.15, 0.2) is 0 Å². The fourth-order valence-corrected chi connectivity index (χ4v) is 0.0630. The van der Waals surface area contributed by atoms with Crippen LogP contribution in [0.25, 0.3) is 0 Å². The molecule has 0 rings (SSSR count). The molecule has 50 valence electrons. The van der Waals surface area contributed by atoms with Gasteiger partial charge in [0.25, 0.3) is 12.3 Å². The van der Waals surface area contributed by atoms with Gasteiger partial charge in [0.2, 0.25) is 0 Å². The standard InChI is InChI=1S/C3H3F4O.Na/c4-2(5)3(6,7)1-8;/h2H,1H2;/q-1;+1. The maximum Gasteiger partial charge on any atom is 1.00 e. The quantitative estimate of drug-likeness (QED) is 0.312. The normalized spacial score (nSPS) is 11.3. The smallest absolute Gasteiger partial charge is 0.850 e. The molecule has 0 radical (unpaired) electrons. The fourth-order valence-electron chi connectivity index (χ4n) is 0.0630. The second-order valence-corrected chi connectivity index (χ2v) is 1.21. The van der Waals surface area contributed by atoms with Crippen LogP contribution in [0.2, 0.25) is 0 Å². The number of halogens is 4. The van der Waals surface area contributed by atoms with E-state index in [1.165, 1.54) is 0 Å². The van der Waals surface area contributed by atoms with Gasteiger partial charge in [0.05, 0.1) is 0 Å². The molecule has 0 aliphatic heterocycles. The van der Waals surface area contributed by atoms with Gasteiger partial charge in [-0.3, -0.25) is 0 Å². The molecule has 1 nitrogen and oxygen atoms in total. The van der Waals surface area contributed by atoms with Crippen LogP contribution in [0.15, 0.2) is 0 Å². The zero-order valence-corrected chi connectivity index (χ0v) is 6.70. The van der Waals surface area contributed by atoms with Crippen molar-refractivity contribution in [1.29, 1.82) is 0 Å². The maximum absolute atomic E-state index is 11.2. The topological polar surface area (TPSA) is 23.1 Å². The number of hydrogen-bond acceptors (Lipinski definition) is 1. The van der Waals surface area contributed by atoms with E-state index in [-0.39, 0.29) is 29.6 Å². The third-order valence-corrected chi connectivity index (χ3v) is 0.512. The summed E-state index contributed by atoms with van der Waals surface area (Å²) in [6, 6.07) is 0. The van der Waals surface area contributed by atoms with E-state index in [1.54, 1.807) is 0 Å². The summed E-state index contributed by atoms with van der Waals surface area (Å²) >= 11 is 0. The van der Waals surface area contributed by atoms with Crippen molar-refractivity contribution < 1.29 is 52.2 Å². The first-order chi connectivity index (χ1) is 3.50. The monoisotopic (exact) mass is 154 g/mol. The molecule has 0 aromatic carbocycles. The van der Waals surface area contributed by atoms with Gasteiger partial charge in [-0.15, -0.1) is 0 Å². The molecule has 0 saturated heterocycles. The molecule has 0 aromatic rings. The average Bonchev–Trinajstić information content (AvgIpc) is 1.67. The summed E-state index contributed by atoms with van der Waals surface area (Å²) in [4.78, 5) is 0. The van der Waals surface area contributed by atoms with Crippen molar-refractivity contribution in [3.63, 3.8) is 0 Å². The number of hydrogen-bond donors (Lipinski definition) is 0. The zero-order chi connectivity index (χ0) is 6.78. The minimum Gasteiger partial charge on any atom is -0.850 e. The summed E-state index contributed by atoms with van der Waals surface area (Å²) in [7, 11) is 0. The van der Waals surface area contributed by atoms with Gasteiger partial charge in [-0.2, -0.15) is 0 Å². The van der Waals surface area contributed by atoms with Crippen LogP contribution in [0, 0.1) is 0 Å². The van der Waals surface area contributed by atoms with Crippen molar-refractivity contribution in [2.75, 3.05) is 6.61 Å². The molecule has 9 heavy (non-hydrogen) atoms. The van der Waals surface area contributed by atoms with E-state index in [2.05, 4.69) is 0 Å². The first-order valence-corrected chi connectivity index (χ1v) is 1.75. The predicted octanol–water partition coefficient (Wildman–Crippen LogP) is -2.75. The van der Waals surface area contributed by atoms with Crippen LogP contribution < -0.4 is 34.7 Å². The Balaban J connectivity index is 0. The minimum atomic E-state index is -4.35. The molecule has 0 aliphatic carbocycles. The first-order valence-electron chi connectivity index (χ1n) is 1.75. The van der Waals surface area contributed by atoms with Crippen LogP contribution in [-0.4, -0.2) is 19.0 Å². The van der Waals surface area contributed by atoms with Crippen LogP contribution >= 0.6 is 0 Å². The average molecular weight is 154 g/mol. The summed E-state index contributed by atoms with van der Waals surface area (Å²) in [6.45, 7) is -2.05. The Morgan fingerprint density at radius 3 is 1.67 bits per heavy atom. The molecular formula is C3H3F4NaO. The summed E-state index contributed by atoms with van der Waals surface area (Å²) in [5.74, 6) is -4.35. The second-order valence-electron chi connectivity index (χ2n) is 1.21. The molecule has 0 saturated carbocycles. The van der Waals surface area contributed by atoms with Gasteiger partial charge in [-0.1, -0.05) is 6.61 Å². The fraction of sp³-hybridized carbons (Fsp3) is 1.00. The number of rotatable bonds is 2. The van der Waals surface area contributed by atoms with Crippen molar-refractivity contribution in [3.8, 4) is 0 Å². The molecule has 6 heteroatoms. The van der Waals surface area contributed by atoms with Crippen LogP contribution in [0.5, 0.6) is 0 Å². The molecule has 0 aromatic heterocycles. The van der Waals surface area contributed by atoms with Gasteiger partial charge in [0.1, 0.15) is 0 Å². The van der Waals surface area contributed by atoms with Crippen molar-refractivity contribution >= 4 is 0 Å². The first kappa shape index (κ1) is 12.4. The van der Waals surface area contributed by atoms with E-state index >= 15 is 0 Å². The summed E-state index contributed by atoms with van der Waals surface area (Å²) in [5, 5.41) is 9.16. The predicted molar refractivity (Wildman–Crippen MR) is 15.8 cm³/mol. The van der Waals surface area contributed by atoms with E-state index in [0.29, 0.717) is 0 Å². The molecule has 0 N–H and O–H groups in total. The summed E-state index contributed by atoms with van der Waals surface area (Å²) in [5.41, 5.74) is 0. The third kappa shape index (κ3) is 4.13. The zero-order valence-electron chi connectivity index (χ0n) is 4.70. The van der Waals surface area contributed by atoms with Crippen LogP contribution in [0.4, 0.5) is 17.6 Å². The van der Waals surface area contributed by atoms with Crippen molar-refractivity contribution in [2.45, 2.75) is 12.3 Å². The maximum atomic E-state index is 11.2. The molecule has 0 amide bonds. The summed E-state index contributed by atoms with van der Waals surface area (Å²) in [6.07, 6.45) is -3.83. The second kappa shape index (κ2) is 4.49. The van der Waals surface area contributed by atoms with Crippen molar-refractivity contribution in [3.05, 3.63) is 0 Å². The van der Waals surface area contributed by atoms with Crippen molar-refractivity contribution in [1.82, 2.24) is 0 Å². The molecular weight excluding hydrogens is 151 g/mol. The van der Waals surface area contributed by atoms with E-state index in [1.807, 2.05) is 0 Å². The van der Waals surface area contributed by atoms with E-state index in [4.69, 9.17) is 5.11 Å². The number of alkyl halides is 4.